The van der Waals surface area contributed by atoms with Gasteiger partial charge in [-0.05, 0) is 36.2 Å². The number of anilines is 1. The van der Waals surface area contributed by atoms with Crippen LogP contribution in [0.4, 0.5) is 18.9 Å². The number of nitrogens with zero attached hydrogens (tertiary/aromatic N) is 2. The van der Waals surface area contributed by atoms with E-state index < -0.39 is 17.6 Å². The van der Waals surface area contributed by atoms with Crippen LogP contribution in [-0.4, -0.2) is 17.4 Å². The second-order valence-electron chi connectivity index (χ2n) is 4.90. The van der Waals surface area contributed by atoms with E-state index in [4.69, 9.17) is 11.6 Å². The Balaban J connectivity index is 2.05. The first-order chi connectivity index (χ1) is 10.4. The molecule has 0 N–H and O–H groups in total. The van der Waals surface area contributed by atoms with Crippen LogP contribution < -0.4 is 4.90 Å². The van der Waals surface area contributed by atoms with Crippen molar-refractivity contribution in [2.45, 2.75) is 12.6 Å². The largest absolute Gasteiger partial charge is 0.418 e. The van der Waals surface area contributed by atoms with Crippen LogP contribution in [0.5, 0.6) is 0 Å². The number of alkyl halides is 3. The Morgan fingerprint density at radius 3 is 2.73 bits per heavy atom. The SMILES string of the molecule is O=C1c2ccc(Cl)cc2CCN1c1cnccc1C(F)(F)F. The molecule has 0 saturated heterocycles. The number of pyridine rings is 1. The number of carbonyl (C=O) groups excluding carboxylic acids is 1. The molecule has 3 nitrogen and oxygen atoms in total. The van der Waals surface area contributed by atoms with Crippen molar-refractivity contribution in [3.8, 4) is 0 Å². The number of aromatic nitrogens is 1. The summed E-state index contributed by atoms with van der Waals surface area (Å²) in [5.74, 6) is -0.476. The molecule has 0 aliphatic carbocycles. The summed E-state index contributed by atoms with van der Waals surface area (Å²) in [6, 6.07) is 5.63. The Labute approximate surface area is 129 Å². The highest BCUT2D eigenvalue weighted by atomic mass is 35.5. The monoisotopic (exact) mass is 326 g/mol. The van der Waals surface area contributed by atoms with E-state index in [1.165, 1.54) is 6.07 Å². The lowest BCUT2D eigenvalue weighted by molar-refractivity contribution is -0.137. The molecule has 1 aromatic carbocycles. The summed E-state index contributed by atoms with van der Waals surface area (Å²) in [7, 11) is 0. The van der Waals surface area contributed by atoms with Gasteiger partial charge in [0.2, 0.25) is 0 Å². The van der Waals surface area contributed by atoms with E-state index in [0.717, 1.165) is 28.9 Å². The topological polar surface area (TPSA) is 33.2 Å². The highest BCUT2D eigenvalue weighted by Crippen LogP contribution is 2.37. The van der Waals surface area contributed by atoms with Crippen LogP contribution in [-0.2, 0) is 12.6 Å². The van der Waals surface area contributed by atoms with Crippen LogP contribution >= 0.6 is 11.6 Å². The molecule has 0 atom stereocenters. The van der Waals surface area contributed by atoms with E-state index in [2.05, 4.69) is 4.98 Å². The van der Waals surface area contributed by atoms with Crippen molar-refractivity contribution in [1.29, 1.82) is 0 Å². The van der Waals surface area contributed by atoms with Crippen molar-refractivity contribution in [2.75, 3.05) is 11.4 Å². The van der Waals surface area contributed by atoms with Gasteiger partial charge in [0, 0.05) is 23.3 Å². The minimum atomic E-state index is -4.54. The summed E-state index contributed by atoms with van der Waals surface area (Å²) in [4.78, 5) is 17.3. The molecule has 2 heterocycles. The minimum Gasteiger partial charge on any atom is -0.306 e. The van der Waals surface area contributed by atoms with E-state index >= 15 is 0 Å². The Morgan fingerprint density at radius 1 is 1.23 bits per heavy atom. The predicted molar refractivity (Wildman–Crippen MR) is 76.1 cm³/mol. The molecule has 114 valence electrons. The van der Waals surface area contributed by atoms with Gasteiger partial charge in [-0.1, -0.05) is 11.6 Å². The number of carbonyl (C=O) groups is 1. The van der Waals surface area contributed by atoms with Gasteiger partial charge in [0.1, 0.15) is 0 Å². The molecule has 1 aliphatic heterocycles. The van der Waals surface area contributed by atoms with E-state index in [1.807, 2.05) is 0 Å². The molecule has 3 rings (SSSR count). The lowest BCUT2D eigenvalue weighted by atomic mass is 9.98. The van der Waals surface area contributed by atoms with E-state index in [-0.39, 0.29) is 12.2 Å². The van der Waals surface area contributed by atoms with Crippen molar-refractivity contribution in [3.63, 3.8) is 0 Å². The third-order valence-electron chi connectivity index (χ3n) is 3.54. The van der Waals surface area contributed by atoms with Gasteiger partial charge in [-0.2, -0.15) is 13.2 Å². The predicted octanol–water partition coefficient (Wildman–Crippen LogP) is 3.96. The van der Waals surface area contributed by atoms with Gasteiger partial charge in [-0.3, -0.25) is 9.78 Å². The lowest BCUT2D eigenvalue weighted by Crippen LogP contribution is -2.38. The molecule has 0 spiro atoms. The van der Waals surface area contributed by atoms with E-state index in [1.54, 1.807) is 12.1 Å². The number of hydrogen-bond donors (Lipinski definition) is 0. The average Bonchev–Trinajstić information content (AvgIpc) is 2.46. The highest BCUT2D eigenvalue weighted by molar-refractivity contribution is 6.30. The molecule has 0 unspecified atom stereocenters. The van der Waals surface area contributed by atoms with Crippen LogP contribution in [0, 0.1) is 0 Å². The molecule has 1 amide bonds. The normalized spacial score (nSPS) is 14.9. The van der Waals surface area contributed by atoms with Gasteiger partial charge in [0.05, 0.1) is 17.4 Å². The van der Waals surface area contributed by atoms with E-state index in [0.29, 0.717) is 17.0 Å². The first-order valence-electron chi connectivity index (χ1n) is 6.49. The van der Waals surface area contributed by atoms with Gasteiger partial charge in [0.25, 0.3) is 5.91 Å². The second-order valence-corrected chi connectivity index (χ2v) is 5.34. The Hall–Kier alpha value is -2.08. The van der Waals surface area contributed by atoms with Crippen molar-refractivity contribution >= 4 is 23.2 Å². The molecule has 1 aromatic heterocycles. The second kappa shape index (κ2) is 5.28. The molecular weight excluding hydrogens is 317 g/mol. The zero-order chi connectivity index (χ0) is 15.9. The number of hydrogen-bond acceptors (Lipinski definition) is 2. The quantitative estimate of drug-likeness (QED) is 0.795. The van der Waals surface area contributed by atoms with Gasteiger partial charge in [-0.25, -0.2) is 0 Å². The Bertz CT molecular complexity index is 746. The molecule has 0 saturated carbocycles. The number of fused-ring (bicyclic) bond motifs is 1. The highest BCUT2D eigenvalue weighted by Gasteiger charge is 2.37. The summed E-state index contributed by atoms with van der Waals surface area (Å²) in [5.41, 5.74) is 0.0210. The van der Waals surface area contributed by atoms with Crippen molar-refractivity contribution < 1.29 is 18.0 Å². The summed E-state index contributed by atoms with van der Waals surface area (Å²) < 4.78 is 39.3. The minimum absolute atomic E-state index is 0.154. The van der Waals surface area contributed by atoms with Gasteiger partial charge in [-0.15, -0.1) is 0 Å². The van der Waals surface area contributed by atoms with E-state index in [9.17, 15) is 18.0 Å². The van der Waals surface area contributed by atoms with Crippen LogP contribution in [0.2, 0.25) is 5.02 Å². The number of amides is 1. The van der Waals surface area contributed by atoms with Crippen LogP contribution in [0.1, 0.15) is 21.5 Å². The van der Waals surface area contributed by atoms with Crippen LogP contribution in [0.25, 0.3) is 0 Å². The fourth-order valence-electron chi connectivity index (χ4n) is 2.53. The summed E-state index contributed by atoms with van der Waals surface area (Å²) >= 11 is 5.88. The van der Waals surface area contributed by atoms with Crippen LogP contribution in [0.3, 0.4) is 0 Å². The third-order valence-corrected chi connectivity index (χ3v) is 3.78. The summed E-state index contributed by atoms with van der Waals surface area (Å²) in [5, 5.41) is 0.498. The van der Waals surface area contributed by atoms with Crippen molar-refractivity contribution in [3.05, 3.63) is 58.4 Å². The number of rotatable bonds is 1. The third kappa shape index (κ3) is 2.54. The molecule has 22 heavy (non-hydrogen) atoms. The molecule has 1 aliphatic rings. The fourth-order valence-corrected chi connectivity index (χ4v) is 2.72. The first kappa shape index (κ1) is 14.8. The van der Waals surface area contributed by atoms with Crippen molar-refractivity contribution in [2.24, 2.45) is 0 Å². The summed E-state index contributed by atoms with van der Waals surface area (Å²) in [6.45, 7) is 0.154. The molecule has 0 bridgehead atoms. The van der Waals surface area contributed by atoms with Gasteiger partial charge >= 0.3 is 6.18 Å². The molecule has 7 heteroatoms. The Kier molecular flexibility index (Phi) is 3.56. The summed E-state index contributed by atoms with van der Waals surface area (Å²) in [6.07, 6.45) is -1.97. The number of benzene rings is 1. The Morgan fingerprint density at radius 2 is 2.00 bits per heavy atom. The molecule has 2 aromatic rings. The maximum atomic E-state index is 13.1. The fraction of sp³-hybridized carbons (Fsp3) is 0.200. The maximum absolute atomic E-state index is 13.1. The van der Waals surface area contributed by atoms with Gasteiger partial charge < -0.3 is 4.90 Å². The standard InChI is InChI=1S/C15H10ClF3N2O/c16-10-1-2-11-9(7-10)4-6-21(14(11)22)13-8-20-5-3-12(13)15(17,18)19/h1-3,5,7-8H,4,6H2. The average molecular weight is 327 g/mol. The molecule has 0 radical (unpaired) electrons. The molecule has 0 fully saturated rings. The van der Waals surface area contributed by atoms with Crippen LogP contribution in [0.15, 0.2) is 36.7 Å². The number of halogens is 4. The lowest BCUT2D eigenvalue weighted by Gasteiger charge is -2.30. The zero-order valence-electron chi connectivity index (χ0n) is 11.2. The van der Waals surface area contributed by atoms with Gasteiger partial charge in [0.15, 0.2) is 0 Å². The first-order valence-corrected chi connectivity index (χ1v) is 6.87. The zero-order valence-corrected chi connectivity index (χ0v) is 11.9. The molecular formula is C15H10ClF3N2O. The van der Waals surface area contributed by atoms with Crippen molar-refractivity contribution in [1.82, 2.24) is 4.98 Å². The smallest absolute Gasteiger partial charge is 0.306 e. The maximum Gasteiger partial charge on any atom is 0.418 e.